The van der Waals surface area contributed by atoms with Crippen molar-refractivity contribution < 1.29 is 14.3 Å². The largest absolute Gasteiger partial charge is 0.489 e. The number of rotatable bonds is 3. The van der Waals surface area contributed by atoms with E-state index in [1.54, 1.807) is 6.08 Å². The maximum absolute atomic E-state index is 11.8. The molecule has 0 saturated heterocycles. The Morgan fingerprint density at radius 3 is 3.07 bits per heavy atom. The highest BCUT2D eigenvalue weighted by molar-refractivity contribution is 6.06. The van der Waals surface area contributed by atoms with Crippen molar-refractivity contribution in [2.24, 2.45) is 0 Å². The van der Waals surface area contributed by atoms with Gasteiger partial charge < -0.3 is 9.47 Å². The van der Waals surface area contributed by atoms with Gasteiger partial charge in [-0.25, -0.2) is 9.97 Å². The Labute approximate surface area is 86.8 Å². The van der Waals surface area contributed by atoms with E-state index < -0.39 is 0 Å². The van der Waals surface area contributed by atoms with Gasteiger partial charge in [-0.1, -0.05) is 0 Å². The Hall–Kier alpha value is -1.91. The van der Waals surface area contributed by atoms with E-state index in [0.717, 1.165) is 6.42 Å². The van der Waals surface area contributed by atoms with E-state index in [-0.39, 0.29) is 11.5 Å². The van der Waals surface area contributed by atoms with Crippen LogP contribution in [0.1, 0.15) is 16.9 Å². The molecule has 0 radical (unpaired) electrons. The molecule has 0 saturated carbocycles. The Bertz CT molecular complexity index is 415. The highest BCUT2D eigenvalue weighted by Crippen LogP contribution is 2.16. The van der Waals surface area contributed by atoms with Crippen LogP contribution >= 0.6 is 0 Å². The number of carbonyl (C=O) groups is 1. The average Bonchev–Trinajstić information content (AvgIpc) is 2.81. The molecule has 1 aliphatic heterocycles. The molecule has 1 aliphatic rings. The lowest BCUT2D eigenvalue weighted by molar-refractivity contribution is 0.0937. The van der Waals surface area contributed by atoms with Crippen molar-refractivity contribution in [2.75, 3.05) is 13.7 Å². The minimum absolute atomic E-state index is 0.229. The Balaban J connectivity index is 2.24. The number of Topliss-reactive ketones (excluding diaryl/α,β-unsaturated/α-hetero) is 1. The Morgan fingerprint density at radius 1 is 1.53 bits per heavy atom. The van der Waals surface area contributed by atoms with Gasteiger partial charge in [-0.3, -0.25) is 4.79 Å². The highest BCUT2D eigenvalue weighted by Gasteiger charge is 2.18. The summed E-state index contributed by atoms with van der Waals surface area (Å²) in [5, 5.41) is 0. The van der Waals surface area contributed by atoms with Crippen LogP contribution < -0.4 is 4.74 Å². The third kappa shape index (κ3) is 1.96. The summed E-state index contributed by atoms with van der Waals surface area (Å²) in [4.78, 5) is 19.5. The minimum Gasteiger partial charge on any atom is -0.489 e. The first-order valence-electron chi connectivity index (χ1n) is 4.55. The molecule has 0 N–H and O–H groups in total. The molecule has 0 aliphatic carbocycles. The van der Waals surface area contributed by atoms with Crippen LogP contribution in [0.4, 0.5) is 0 Å². The van der Waals surface area contributed by atoms with E-state index >= 15 is 0 Å². The zero-order valence-corrected chi connectivity index (χ0v) is 8.27. The number of aromatic nitrogens is 2. The SMILES string of the molecule is COc1cc(C(=O)C2=CCCO2)ncn1. The molecule has 2 rings (SSSR count). The van der Waals surface area contributed by atoms with Crippen molar-refractivity contribution in [1.29, 1.82) is 0 Å². The van der Waals surface area contributed by atoms with Crippen molar-refractivity contribution in [3.8, 4) is 5.88 Å². The maximum atomic E-state index is 11.8. The van der Waals surface area contributed by atoms with Crippen LogP contribution in [0.15, 0.2) is 24.2 Å². The zero-order valence-electron chi connectivity index (χ0n) is 8.27. The summed E-state index contributed by atoms with van der Waals surface area (Å²) in [6.07, 6.45) is 3.82. The van der Waals surface area contributed by atoms with E-state index in [1.165, 1.54) is 19.5 Å². The molecular weight excluding hydrogens is 196 g/mol. The van der Waals surface area contributed by atoms with Gasteiger partial charge in [0.15, 0.2) is 5.76 Å². The first-order valence-corrected chi connectivity index (χ1v) is 4.55. The summed E-state index contributed by atoms with van der Waals surface area (Å²) < 4.78 is 10.1. The minimum atomic E-state index is -0.229. The summed E-state index contributed by atoms with van der Waals surface area (Å²) >= 11 is 0. The molecule has 0 unspecified atom stereocenters. The van der Waals surface area contributed by atoms with E-state index in [2.05, 4.69) is 9.97 Å². The topological polar surface area (TPSA) is 61.3 Å². The van der Waals surface area contributed by atoms with Gasteiger partial charge >= 0.3 is 0 Å². The molecule has 0 atom stereocenters. The first-order chi connectivity index (χ1) is 7.31. The predicted octanol–water partition coefficient (Wildman–Crippen LogP) is 0.972. The first kappa shape index (κ1) is 9.64. The lowest BCUT2D eigenvalue weighted by atomic mass is 10.2. The van der Waals surface area contributed by atoms with Crippen LogP contribution in [0.25, 0.3) is 0 Å². The van der Waals surface area contributed by atoms with Gasteiger partial charge in [-0.05, 0) is 6.08 Å². The second-order valence-electron chi connectivity index (χ2n) is 2.98. The number of hydrogen-bond acceptors (Lipinski definition) is 5. The van der Waals surface area contributed by atoms with Crippen LogP contribution in [0.2, 0.25) is 0 Å². The van der Waals surface area contributed by atoms with Crippen LogP contribution in [0.3, 0.4) is 0 Å². The molecule has 2 heterocycles. The van der Waals surface area contributed by atoms with Gasteiger partial charge in [0, 0.05) is 12.5 Å². The van der Waals surface area contributed by atoms with E-state index in [0.29, 0.717) is 18.2 Å². The number of allylic oxidation sites excluding steroid dienone is 1. The molecular formula is C10H10N2O3. The molecule has 78 valence electrons. The van der Waals surface area contributed by atoms with Gasteiger partial charge in [-0.15, -0.1) is 0 Å². The quantitative estimate of drug-likeness (QED) is 0.689. The molecule has 1 aromatic heterocycles. The smallest absolute Gasteiger partial charge is 0.245 e. The lowest BCUT2D eigenvalue weighted by Gasteiger charge is -2.03. The number of carbonyl (C=O) groups excluding carboxylic acids is 1. The van der Waals surface area contributed by atoms with Crippen molar-refractivity contribution in [3.63, 3.8) is 0 Å². The monoisotopic (exact) mass is 206 g/mol. The highest BCUT2D eigenvalue weighted by atomic mass is 16.5. The number of methoxy groups -OCH3 is 1. The molecule has 15 heavy (non-hydrogen) atoms. The summed E-state index contributed by atoms with van der Waals surface area (Å²) in [6.45, 7) is 0.559. The third-order valence-electron chi connectivity index (χ3n) is 2.01. The van der Waals surface area contributed by atoms with Gasteiger partial charge in [0.25, 0.3) is 0 Å². The average molecular weight is 206 g/mol. The maximum Gasteiger partial charge on any atom is 0.245 e. The van der Waals surface area contributed by atoms with Crippen LogP contribution in [0, 0.1) is 0 Å². The Morgan fingerprint density at radius 2 is 2.40 bits per heavy atom. The molecule has 5 nitrogen and oxygen atoms in total. The zero-order chi connectivity index (χ0) is 10.7. The third-order valence-corrected chi connectivity index (χ3v) is 2.01. The van der Waals surface area contributed by atoms with Crippen LogP contribution in [-0.4, -0.2) is 29.5 Å². The number of hydrogen-bond donors (Lipinski definition) is 0. The van der Waals surface area contributed by atoms with Gasteiger partial charge in [0.2, 0.25) is 11.7 Å². The fourth-order valence-corrected chi connectivity index (χ4v) is 1.28. The Kier molecular flexibility index (Phi) is 2.62. The summed E-state index contributed by atoms with van der Waals surface area (Å²) in [5.74, 6) is 0.496. The van der Waals surface area contributed by atoms with Gasteiger partial charge in [-0.2, -0.15) is 0 Å². The second kappa shape index (κ2) is 4.08. The van der Waals surface area contributed by atoms with Gasteiger partial charge in [0.05, 0.1) is 13.7 Å². The van der Waals surface area contributed by atoms with E-state index in [1.807, 2.05) is 0 Å². The van der Waals surface area contributed by atoms with Crippen molar-refractivity contribution >= 4 is 5.78 Å². The predicted molar refractivity (Wildman–Crippen MR) is 51.6 cm³/mol. The summed E-state index contributed by atoms with van der Waals surface area (Å²) in [6, 6.07) is 1.49. The fourth-order valence-electron chi connectivity index (χ4n) is 1.28. The van der Waals surface area contributed by atoms with Crippen LogP contribution in [0.5, 0.6) is 5.88 Å². The van der Waals surface area contributed by atoms with E-state index in [4.69, 9.17) is 9.47 Å². The number of ketones is 1. The molecule has 0 fully saturated rings. The molecule has 1 aromatic rings. The summed E-state index contributed by atoms with van der Waals surface area (Å²) in [7, 11) is 1.49. The standard InChI is InChI=1S/C10H10N2O3/c1-14-9-5-7(11-6-12-9)10(13)8-3-2-4-15-8/h3,5-6H,2,4H2,1H3. The van der Waals surface area contributed by atoms with Crippen LogP contribution in [-0.2, 0) is 4.74 Å². The summed E-state index contributed by atoms with van der Waals surface area (Å²) in [5.41, 5.74) is 0.287. The van der Waals surface area contributed by atoms with Crippen molar-refractivity contribution in [2.45, 2.75) is 6.42 Å². The van der Waals surface area contributed by atoms with Gasteiger partial charge in [0.1, 0.15) is 12.0 Å². The molecule has 0 spiro atoms. The van der Waals surface area contributed by atoms with E-state index in [9.17, 15) is 4.79 Å². The van der Waals surface area contributed by atoms with Crippen molar-refractivity contribution in [1.82, 2.24) is 9.97 Å². The molecule has 0 aromatic carbocycles. The lowest BCUT2D eigenvalue weighted by Crippen LogP contribution is -2.07. The fraction of sp³-hybridized carbons (Fsp3) is 0.300. The van der Waals surface area contributed by atoms with Crippen molar-refractivity contribution in [3.05, 3.63) is 29.9 Å². The molecule has 0 bridgehead atoms. The number of ether oxygens (including phenoxy) is 2. The molecule has 5 heteroatoms. The molecule has 0 amide bonds. The second-order valence-corrected chi connectivity index (χ2v) is 2.98. The normalized spacial score (nSPS) is 14.3. The number of nitrogens with zero attached hydrogens (tertiary/aromatic N) is 2.